The fourth-order valence-corrected chi connectivity index (χ4v) is 3.66. The van der Waals surface area contributed by atoms with E-state index in [0.29, 0.717) is 21.1 Å². The van der Waals surface area contributed by atoms with E-state index in [1.54, 1.807) is 28.0 Å². The highest BCUT2D eigenvalue weighted by molar-refractivity contribution is 9.10. The number of hydrogen-bond donors (Lipinski definition) is 0. The lowest BCUT2D eigenvalue weighted by atomic mass is 10.1. The summed E-state index contributed by atoms with van der Waals surface area (Å²) in [6.45, 7) is 0.979. The van der Waals surface area contributed by atoms with Gasteiger partial charge < -0.3 is 9.80 Å². The third kappa shape index (κ3) is 4.64. The molecule has 1 heterocycles. The predicted molar refractivity (Wildman–Crippen MR) is 105 cm³/mol. The van der Waals surface area contributed by atoms with Crippen molar-refractivity contribution in [3.8, 4) is 0 Å². The summed E-state index contributed by atoms with van der Waals surface area (Å²) in [5.74, 6) is -0.280. The molecule has 0 N–H and O–H groups in total. The molecule has 0 bridgehead atoms. The van der Waals surface area contributed by atoms with Crippen LogP contribution in [-0.4, -0.2) is 41.9 Å². The van der Waals surface area contributed by atoms with Crippen molar-refractivity contribution in [3.05, 3.63) is 67.1 Å². The van der Waals surface area contributed by atoms with Gasteiger partial charge in [-0.3, -0.25) is 14.9 Å². The molecule has 2 aromatic carbocycles. The highest BCUT2D eigenvalue weighted by Crippen LogP contribution is 2.37. The second-order valence-corrected chi connectivity index (χ2v) is 7.68. The van der Waals surface area contributed by atoms with Crippen molar-refractivity contribution in [2.24, 2.45) is 0 Å². The first-order chi connectivity index (χ1) is 13.6. The summed E-state index contributed by atoms with van der Waals surface area (Å²) in [4.78, 5) is 26.3. The van der Waals surface area contributed by atoms with Gasteiger partial charge >= 0.3 is 6.18 Å². The molecule has 1 aliphatic rings. The number of nitro groups is 1. The molecule has 29 heavy (non-hydrogen) atoms. The number of piperazine rings is 1. The Bertz CT molecular complexity index is 963. The van der Waals surface area contributed by atoms with Gasteiger partial charge in [0.25, 0.3) is 11.6 Å². The Balaban J connectivity index is 1.78. The van der Waals surface area contributed by atoms with Crippen LogP contribution in [0, 0.1) is 10.1 Å². The molecule has 1 fully saturated rings. The van der Waals surface area contributed by atoms with E-state index < -0.39 is 22.4 Å². The molecular formula is C18H14BrClF3N3O3. The maximum absolute atomic E-state index is 12.9. The van der Waals surface area contributed by atoms with E-state index >= 15 is 0 Å². The third-order valence-electron chi connectivity index (χ3n) is 4.57. The van der Waals surface area contributed by atoms with E-state index in [2.05, 4.69) is 15.9 Å². The molecule has 0 aliphatic carbocycles. The lowest BCUT2D eigenvalue weighted by Crippen LogP contribution is -2.49. The quantitative estimate of drug-likeness (QED) is 0.447. The van der Waals surface area contributed by atoms with E-state index in [1.165, 1.54) is 0 Å². The summed E-state index contributed by atoms with van der Waals surface area (Å²) in [6.07, 6.45) is -4.67. The summed E-state index contributed by atoms with van der Waals surface area (Å²) in [7, 11) is 0. The molecule has 11 heteroatoms. The number of nitro benzene ring substituents is 1. The van der Waals surface area contributed by atoms with Crippen molar-refractivity contribution in [1.82, 2.24) is 4.90 Å². The molecule has 0 saturated carbocycles. The SMILES string of the molecule is O=C(c1cc(Br)ccc1Cl)N1CCN(c2ccc(C(F)(F)F)cc2[N+](=O)[O-])CC1. The number of carbonyl (C=O) groups excluding carboxylic acids is 1. The second kappa shape index (κ2) is 8.19. The topological polar surface area (TPSA) is 66.7 Å². The van der Waals surface area contributed by atoms with Gasteiger partial charge in [-0.2, -0.15) is 13.2 Å². The highest BCUT2D eigenvalue weighted by Gasteiger charge is 2.34. The molecule has 2 aromatic rings. The number of amides is 1. The van der Waals surface area contributed by atoms with Crippen LogP contribution in [0.1, 0.15) is 15.9 Å². The van der Waals surface area contributed by atoms with Crippen molar-refractivity contribution in [2.45, 2.75) is 6.18 Å². The van der Waals surface area contributed by atoms with Gasteiger partial charge in [0.05, 0.1) is 21.1 Å². The van der Waals surface area contributed by atoms with Gasteiger partial charge in [-0.15, -0.1) is 0 Å². The Morgan fingerprint density at radius 3 is 2.34 bits per heavy atom. The molecular weight excluding hydrogens is 479 g/mol. The van der Waals surface area contributed by atoms with Gasteiger partial charge in [-0.05, 0) is 30.3 Å². The Kier molecular flexibility index (Phi) is 6.04. The molecule has 1 amide bonds. The zero-order valence-electron chi connectivity index (χ0n) is 14.7. The fourth-order valence-electron chi connectivity index (χ4n) is 3.10. The van der Waals surface area contributed by atoms with Crippen molar-refractivity contribution in [2.75, 3.05) is 31.1 Å². The first kappa shape index (κ1) is 21.4. The molecule has 0 aromatic heterocycles. The minimum Gasteiger partial charge on any atom is -0.362 e. The number of nitrogens with zero attached hydrogens (tertiary/aromatic N) is 3. The minimum atomic E-state index is -4.67. The van der Waals surface area contributed by atoms with Crippen molar-refractivity contribution in [1.29, 1.82) is 0 Å². The second-order valence-electron chi connectivity index (χ2n) is 6.36. The summed E-state index contributed by atoms with van der Waals surface area (Å²) >= 11 is 9.38. The molecule has 6 nitrogen and oxygen atoms in total. The van der Waals surface area contributed by atoms with Crippen LogP contribution < -0.4 is 4.90 Å². The fraction of sp³-hybridized carbons (Fsp3) is 0.278. The number of rotatable bonds is 3. The molecule has 0 radical (unpaired) electrons. The summed E-state index contributed by atoms with van der Waals surface area (Å²) in [5, 5.41) is 11.6. The average molecular weight is 493 g/mol. The molecule has 0 spiro atoms. The molecule has 154 valence electrons. The highest BCUT2D eigenvalue weighted by atomic mass is 79.9. The smallest absolute Gasteiger partial charge is 0.362 e. The van der Waals surface area contributed by atoms with E-state index in [1.807, 2.05) is 0 Å². The zero-order valence-corrected chi connectivity index (χ0v) is 17.1. The van der Waals surface area contributed by atoms with Crippen LogP contribution in [0.2, 0.25) is 5.02 Å². The first-order valence-corrected chi connectivity index (χ1v) is 9.60. The predicted octanol–water partition coefficient (Wildman–Crippen LogP) is 4.99. The molecule has 3 rings (SSSR count). The normalized spacial score (nSPS) is 14.8. The van der Waals surface area contributed by atoms with Crippen LogP contribution in [0.5, 0.6) is 0 Å². The average Bonchev–Trinajstić information content (AvgIpc) is 2.68. The Morgan fingerprint density at radius 2 is 1.76 bits per heavy atom. The minimum absolute atomic E-state index is 0.0931. The molecule has 0 atom stereocenters. The van der Waals surface area contributed by atoms with Crippen LogP contribution in [0.25, 0.3) is 0 Å². The Labute approximate surface area is 177 Å². The third-order valence-corrected chi connectivity index (χ3v) is 5.39. The van der Waals surface area contributed by atoms with E-state index in [4.69, 9.17) is 11.6 Å². The first-order valence-electron chi connectivity index (χ1n) is 8.43. The number of alkyl halides is 3. The Hall–Kier alpha value is -2.33. The standard InChI is InChI=1S/C18H14BrClF3N3O3/c19-12-2-3-14(20)13(10-12)17(27)25-7-5-24(6-8-25)15-4-1-11(18(21,22)23)9-16(15)26(28)29/h1-4,9-10H,5-8H2. The van der Waals surface area contributed by atoms with Gasteiger partial charge in [0.1, 0.15) is 5.69 Å². The monoisotopic (exact) mass is 491 g/mol. The summed E-state index contributed by atoms with van der Waals surface area (Å²) in [6, 6.07) is 7.37. The van der Waals surface area contributed by atoms with E-state index in [0.717, 1.165) is 12.1 Å². The van der Waals surface area contributed by atoms with Gasteiger partial charge in [-0.25, -0.2) is 0 Å². The van der Waals surface area contributed by atoms with Crippen molar-refractivity contribution < 1.29 is 22.9 Å². The van der Waals surface area contributed by atoms with Crippen molar-refractivity contribution in [3.63, 3.8) is 0 Å². The lowest BCUT2D eigenvalue weighted by Gasteiger charge is -2.36. The number of carbonyl (C=O) groups is 1. The maximum atomic E-state index is 12.9. The molecule has 0 unspecified atom stereocenters. The van der Waals surface area contributed by atoms with Crippen LogP contribution >= 0.6 is 27.5 Å². The largest absolute Gasteiger partial charge is 0.416 e. The van der Waals surface area contributed by atoms with Gasteiger partial charge in [0, 0.05) is 36.7 Å². The van der Waals surface area contributed by atoms with Crippen LogP contribution in [0.4, 0.5) is 24.5 Å². The molecule has 1 saturated heterocycles. The Morgan fingerprint density at radius 1 is 1.10 bits per heavy atom. The number of benzene rings is 2. The van der Waals surface area contributed by atoms with Gasteiger partial charge in [0.15, 0.2) is 0 Å². The number of hydrogen-bond acceptors (Lipinski definition) is 4. The maximum Gasteiger partial charge on any atom is 0.416 e. The number of anilines is 1. The van der Waals surface area contributed by atoms with Gasteiger partial charge in [-0.1, -0.05) is 27.5 Å². The number of halogens is 5. The molecule has 1 aliphatic heterocycles. The van der Waals surface area contributed by atoms with Gasteiger partial charge in [0.2, 0.25) is 0 Å². The summed E-state index contributed by atoms with van der Waals surface area (Å²) < 4.78 is 39.3. The van der Waals surface area contributed by atoms with Crippen molar-refractivity contribution >= 4 is 44.8 Å². The van der Waals surface area contributed by atoms with E-state index in [9.17, 15) is 28.1 Å². The lowest BCUT2D eigenvalue weighted by molar-refractivity contribution is -0.384. The van der Waals surface area contributed by atoms with Crippen LogP contribution in [0.15, 0.2) is 40.9 Å². The van der Waals surface area contributed by atoms with Crippen LogP contribution in [0.3, 0.4) is 0 Å². The van der Waals surface area contributed by atoms with E-state index in [-0.39, 0.29) is 37.8 Å². The zero-order chi connectivity index (χ0) is 21.3. The van der Waals surface area contributed by atoms with Crippen LogP contribution in [-0.2, 0) is 6.18 Å². The summed E-state index contributed by atoms with van der Waals surface area (Å²) in [5.41, 5.74) is -1.27.